The highest BCUT2D eigenvalue weighted by atomic mass is 79.9. The van der Waals surface area contributed by atoms with Gasteiger partial charge in [0, 0.05) is 15.6 Å². The van der Waals surface area contributed by atoms with Crippen LogP contribution < -0.4 is 0 Å². The van der Waals surface area contributed by atoms with Crippen LogP contribution in [0.1, 0.15) is 28.3 Å². The summed E-state index contributed by atoms with van der Waals surface area (Å²) in [7, 11) is -8.21. The molecular formula is C29H24BrNO4S3. The summed E-state index contributed by atoms with van der Waals surface area (Å²) in [6.45, 7) is 3.76. The van der Waals surface area contributed by atoms with Crippen molar-refractivity contribution in [3.8, 4) is 0 Å². The number of aryl methyl sites for hydroxylation is 2. The molecule has 0 N–H and O–H groups in total. The molecule has 5 nitrogen and oxygen atoms in total. The number of sulfone groups is 1. The van der Waals surface area contributed by atoms with Gasteiger partial charge < -0.3 is 0 Å². The van der Waals surface area contributed by atoms with Gasteiger partial charge in [-0.15, -0.1) is 0 Å². The first-order valence-corrected chi connectivity index (χ1v) is 16.3. The molecule has 0 unspecified atom stereocenters. The lowest BCUT2D eigenvalue weighted by molar-refractivity contribution is 0.447. The van der Waals surface area contributed by atoms with E-state index in [0.717, 1.165) is 27.4 Å². The summed E-state index contributed by atoms with van der Waals surface area (Å²) in [6.07, 6.45) is 1.28. The minimum atomic E-state index is -4.17. The highest BCUT2D eigenvalue weighted by Crippen LogP contribution is 2.47. The molecule has 0 fully saturated rings. The molecule has 4 aromatic rings. The first-order chi connectivity index (χ1) is 18.1. The van der Waals surface area contributed by atoms with E-state index in [-0.39, 0.29) is 14.0 Å². The zero-order valence-corrected chi connectivity index (χ0v) is 24.6. The molecule has 0 aromatic heterocycles. The van der Waals surface area contributed by atoms with Gasteiger partial charge >= 0.3 is 0 Å². The molecular weight excluding hydrogens is 602 g/mol. The Bertz CT molecular complexity index is 1750. The standard InChI is InChI=1S/C29H24BrNO4S3/c1-20-10-14-24(15-11-20)37(32,33)28-19-31(38(34,35)25-16-12-21(2)13-17-25)29(22-6-5-7-23(30)18-22)26-8-3-4-9-27(26)36-28/h3-19,29H,1-2H3/t29-/m1/s1. The van der Waals surface area contributed by atoms with Crippen LogP contribution >= 0.6 is 27.7 Å². The number of rotatable bonds is 5. The van der Waals surface area contributed by atoms with Gasteiger partial charge in [0.1, 0.15) is 4.24 Å². The molecule has 0 radical (unpaired) electrons. The van der Waals surface area contributed by atoms with E-state index < -0.39 is 25.9 Å². The van der Waals surface area contributed by atoms with Gasteiger partial charge in [-0.05, 0) is 67.4 Å². The van der Waals surface area contributed by atoms with Crippen LogP contribution in [0.15, 0.2) is 127 Å². The van der Waals surface area contributed by atoms with Crippen molar-refractivity contribution in [3.63, 3.8) is 0 Å². The van der Waals surface area contributed by atoms with Gasteiger partial charge in [-0.1, -0.05) is 93.4 Å². The average Bonchev–Trinajstić information content (AvgIpc) is 3.07. The van der Waals surface area contributed by atoms with Crippen molar-refractivity contribution >= 4 is 47.6 Å². The van der Waals surface area contributed by atoms with Crippen molar-refractivity contribution in [1.82, 2.24) is 4.31 Å². The SMILES string of the molecule is Cc1ccc(S(=O)(=O)C2=CN(S(=O)(=O)c3ccc(C)cc3)[C@H](c3cccc(Br)c3)c3ccccc3S2)cc1. The molecule has 4 aromatic carbocycles. The lowest BCUT2D eigenvalue weighted by Crippen LogP contribution is -2.31. The number of halogens is 1. The third kappa shape index (κ3) is 5.08. The van der Waals surface area contributed by atoms with Gasteiger partial charge in [-0.3, -0.25) is 4.31 Å². The number of nitrogens with zero attached hydrogens (tertiary/aromatic N) is 1. The molecule has 1 aliphatic heterocycles. The molecule has 0 amide bonds. The van der Waals surface area contributed by atoms with E-state index in [9.17, 15) is 16.8 Å². The number of hydrogen-bond acceptors (Lipinski definition) is 5. The quantitative estimate of drug-likeness (QED) is 0.234. The van der Waals surface area contributed by atoms with Crippen LogP contribution in [0.2, 0.25) is 0 Å². The van der Waals surface area contributed by atoms with Crippen LogP contribution in [0, 0.1) is 13.8 Å². The largest absolute Gasteiger partial charge is 0.264 e. The molecule has 0 aliphatic carbocycles. The summed E-state index contributed by atoms with van der Waals surface area (Å²) in [4.78, 5) is 0.852. The van der Waals surface area contributed by atoms with Crippen LogP contribution in [0.25, 0.3) is 0 Å². The summed E-state index contributed by atoms with van der Waals surface area (Å²) >= 11 is 4.57. The van der Waals surface area contributed by atoms with E-state index >= 15 is 0 Å². The van der Waals surface area contributed by atoms with E-state index in [1.54, 1.807) is 48.5 Å². The fourth-order valence-electron chi connectivity index (χ4n) is 4.25. The van der Waals surface area contributed by atoms with Gasteiger partial charge in [0.2, 0.25) is 9.84 Å². The van der Waals surface area contributed by atoms with Gasteiger partial charge in [0.15, 0.2) is 0 Å². The van der Waals surface area contributed by atoms with Gasteiger partial charge in [-0.25, -0.2) is 16.8 Å². The lowest BCUT2D eigenvalue weighted by Gasteiger charge is -2.30. The summed E-state index contributed by atoms with van der Waals surface area (Å²) in [5.41, 5.74) is 3.24. The number of fused-ring (bicyclic) bond motifs is 1. The van der Waals surface area contributed by atoms with Crippen molar-refractivity contribution in [3.05, 3.63) is 134 Å². The molecule has 0 spiro atoms. The highest BCUT2D eigenvalue weighted by Gasteiger charge is 2.38. The first-order valence-electron chi connectivity index (χ1n) is 11.7. The Morgan fingerprint density at radius 3 is 1.97 bits per heavy atom. The minimum Gasteiger partial charge on any atom is -0.259 e. The summed E-state index contributed by atoms with van der Waals surface area (Å²) in [5, 5.41) is 0. The Morgan fingerprint density at radius 1 is 0.737 bits per heavy atom. The maximum Gasteiger partial charge on any atom is 0.264 e. The second-order valence-electron chi connectivity index (χ2n) is 9.01. The topological polar surface area (TPSA) is 71.5 Å². The van der Waals surface area contributed by atoms with E-state index in [1.807, 2.05) is 62.4 Å². The molecule has 194 valence electrons. The van der Waals surface area contributed by atoms with Crippen molar-refractivity contribution in [2.75, 3.05) is 0 Å². The highest BCUT2D eigenvalue weighted by molar-refractivity contribution is 9.10. The summed E-state index contributed by atoms with van der Waals surface area (Å²) in [5.74, 6) is 0. The number of benzene rings is 4. The van der Waals surface area contributed by atoms with Crippen molar-refractivity contribution in [2.45, 2.75) is 34.6 Å². The molecule has 1 atom stereocenters. The molecule has 5 rings (SSSR count). The van der Waals surface area contributed by atoms with Crippen LogP contribution in [-0.2, 0) is 19.9 Å². The van der Waals surface area contributed by atoms with E-state index in [1.165, 1.54) is 10.5 Å². The van der Waals surface area contributed by atoms with Crippen molar-refractivity contribution < 1.29 is 16.8 Å². The normalized spacial score (nSPS) is 15.9. The van der Waals surface area contributed by atoms with Crippen LogP contribution in [-0.4, -0.2) is 21.1 Å². The molecule has 1 heterocycles. The minimum absolute atomic E-state index is 0.0676. The third-order valence-electron chi connectivity index (χ3n) is 6.27. The summed E-state index contributed by atoms with van der Waals surface area (Å²) < 4.78 is 58.2. The van der Waals surface area contributed by atoms with E-state index in [4.69, 9.17) is 0 Å². The molecule has 0 saturated carbocycles. The molecule has 38 heavy (non-hydrogen) atoms. The Balaban J connectivity index is 1.80. The van der Waals surface area contributed by atoms with E-state index in [0.29, 0.717) is 16.0 Å². The van der Waals surface area contributed by atoms with Crippen molar-refractivity contribution in [2.24, 2.45) is 0 Å². The Hall–Kier alpha value is -2.85. The maximum absolute atomic E-state index is 14.2. The van der Waals surface area contributed by atoms with Gasteiger partial charge in [0.05, 0.1) is 15.8 Å². The molecule has 9 heteroatoms. The average molecular weight is 627 g/mol. The Kier molecular flexibility index (Phi) is 7.30. The van der Waals surface area contributed by atoms with E-state index in [2.05, 4.69) is 15.9 Å². The zero-order valence-electron chi connectivity index (χ0n) is 20.6. The molecule has 0 bridgehead atoms. The van der Waals surface area contributed by atoms with Crippen LogP contribution in [0.4, 0.5) is 0 Å². The number of thioether (sulfide) groups is 1. The maximum atomic E-state index is 14.2. The van der Waals surface area contributed by atoms with Crippen molar-refractivity contribution in [1.29, 1.82) is 0 Å². The second kappa shape index (κ2) is 10.4. The predicted molar refractivity (Wildman–Crippen MR) is 155 cm³/mol. The fourth-order valence-corrected chi connectivity index (χ4v) is 9.08. The lowest BCUT2D eigenvalue weighted by atomic mass is 9.99. The van der Waals surface area contributed by atoms with Crippen LogP contribution in [0.3, 0.4) is 0 Å². The number of sulfonamides is 1. The second-order valence-corrected chi connectivity index (χ2v) is 15.0. The monoisotopic (exact) mass is 625 g/mol. The van der Waals surface area contributed by atoms with Crippen LogP contribution in [0.5, 0.6) is 0 Å². The molecule has 0 saturated heterocycles. The van der Waals surface area contributed by atoms with Gasteiger partial charge in [0.25, 0.3) is 10.0 Å². The fraction of sp³-hybridized carbons (Fsp3) is 0.103. The zero-order chi connectivity index (χ0) is 27.1. The molecule has 1 aliphatic rings. The Labute approximate surface area is 236 Å². The Morgan fingerprint density at radius 2 is 1.34 bits per heavy atom. The smallest absolute Gasteiger partial charge is 0.259 e. The van der Waals surface area contributed by atoms with Gasteiger partial charge in [-0.2, -0.15) is 0 Å². The predicted octanol–water partition coefficient (Wildman–Crippen LogP) is 7.22. The summed E-state index contributed by atoms with van der Waals surface area (Å²) in [6, 6.07) is 27.1. The first kappa shape index (κ1) is 26.7. The third-order valence-corrected chi connectivity index (χ3v) is 11.8. The number of hydrogen-bond donors (Lipinski definition) is 0.